The summed E-state index contributed by atoms with van der Waals surface area (Å²) >= 11 is 0. The monoisotopic (exact) mass is 391 g/mol. The molecule has 0 aromatic carbocycles. The fraction of sp³-hybridized carbons (Fsp3) is 0.857. The highest BCUT2D eigenvalue weighted by Crippen LogP contribution is 2.46. The Kier molecular flexibility index (Phi) is 4.30. The molecule has 0 aromatic rings. The van der Waals surface area contributed by atoms with Gasteiger partial charge in [0.05, 0.1) is 23.9 Å². The molecule has 3 heterocycles. The second-order valence-electron chi connectivity index (χ2n) is 9.46. The number of halogens is 1. The Bertz CT molecular complexity index is 652. The number of amides is 2. The summed E-state index contributed by atoms with van der Waals surface area (Å²) in [5.41, 5.74) is 0. The van der Waals surface area contributed by atoms with Crippen LogP contribution in [0.15, 0.2) is 0 Å². The molecular weight excluding hydrogens is 362 g/mol. The van der Waals surface area contributed by atoms with E-state index in [0.717, 1.165) is 44.5 Å². The maximum absolute atomic E-state index is 13.5. The van der Waals surface area contributed by atoms with Crippen molar-refractivity contribution in [1.29, 1.82) is 0 Å². The Morgan fingerprint density at radius 1 is 0.630 bits per heavy atom. The number of carbonyl (C=O) groups excluding carboxylic acids is 2. The van der Waals surface area contributed by atoms with Crippen LogP contribution >= 0.6 is 0 Å². The number of hydrogen-bond donors (Lipinski definition) is 0. The topological polar surface area (TPSA) is 43.6 Å². The van der Waals surface area contributed by atoms with Crippen LogP contribution in [-0.4, -0.2) is 56.3 Å². The van der Waals surface area contributed by atoms with Crippen LogP contribution in [0.5, 0.6) is 0 Å². The third-order valence-corrected chi connectivity index (χ3v) is 8.30. The van der Waals surface area contributed by atoms with Crippen LogP contribution in [0, 0.1) is 11.8 Å². The molecule has 3 aliphatic heterocycles. The smallest absolute Gasteiger partial charge is 0.366 e. The molecule has 0 spiro atoms. The van der Waals surface area contributed by atoms with Crippen LogP contribution in [0.2, 0.25) is 0 Å². The fourth-order valence-corrected chi connectivity index (χ4v) is 7.24. The Balaban J connectivity index is 0.00000160. The molecule has 0 aromatic heterocycles. The number of rotatable bonds is 0. The third-order valence-electron chi connectivity index (χ3n) is 8.30. The molecule has 2 amide bonds. The van der Waals surface area contributed by atoms with E-state index in [1.807, 2.05) is 0 Å². The van der Waals surface area contributed by atoms with Gasteiger partial charge >= 0.3 is 5.96 Å². The van der Waals surface area contributed by atoms with E-state index < -0.39 is 0 Å². The van der Waals surface area contributed by atoms with Gasteiger partial charge in [-0.3, -0.25) is 14.2 Å². The van der Waals surface area contributed by atoms with E-state index in [2.05, 4.69) is 14.4 Å². The van der Waals surface area contributed by atoms with Gasteiger partial charge in [-0.1, -0.05) is 12.8 Å². The lowest BCUT2D eigenvalue weighted by Crippen LogP contribution is -3.00. The van der Waals surface area contributed by atoms with Crippen LogP contribution in [0.25, 0.3) is 0 Å². The lowest BCUT2D eigenvalue weighted by Gasteiger charge is -2.46. The summed E-state index contributed by atoms with van der Waals surface area (Å²) in [6, 6.07) is 1.20. The van der Waals surface area contributed by atoms with Gasteiger partial charge < -0.3 is 12.4 Å². The minimum absolute atomic E-state index is 0. The van der Waals surface area contributed by atoms with Gasteiger partial charge in [-0.25, -0.2) is 0 Å². The van der Waals surface area contributed by atoms with Crippen molar-refractivity contribution in [3.63, 3.8) is 0 Å². The quantitative estimate of drug-likeness (QED) is 0.522. The minimum Gasteiger partial charge on any atom is -1.00 e. The predicted octanol–water partition coefficient (Wildman–Crippen LogP) is -0.514. The molecule has 27 heavy (non-hydrogen) atoms. The van der Waals surface area contributed by atoms with Crippen molar-refractivity contribution >= 4 is 17.8 Å². The first-order chi connectivity index (χ1) is 12.8. The van der Waals surface area contributed by atoms with Gasteiger partial charge in [-0.05, 0) is 64.2 Å². The van der Waals surface area contributed by atoms with Crippen LogP contribution in [0.1, 0.15) is 77.0 Å². The number of hydrogen-bond acceptors (Lipinski definition) is 2. The first-order valence-corrected chi connectivity index (χ1v) is 11.1. The van der Waals surface area contributed by atoms with E-state index >= 15 is 0 Å². The predicted molar refractivity (Wildman–Crippen MR) is 96.5 cm³/mol. The summed E-state index contributed by atoms with van der Waals surface area (Å²) in [4.78, 5) is 31.3. The van der Waals surface area contributed by atoms with Gasteiger partial charge in [0, 0.05) is 0 Å². The average Bonchev–Trinajstić information content (AvgIpc) is 3.03. The first-order valence-electron chi connectivity index (χ1n) is 11.1. The molecule has 6 rings (SSSR count). The molecule has 6 atom stereocenters. The molecule has 4 fully saturated rings. The molecule has 6 aliphatic rings. The summed E-state index contributed by atoms with van der Waals surface area (Å²) in [7, 11) is 0. The maximum atomic E-state index is 13.5. The van der Waals surface area contributed by atoms with E-state index in [9.17, 15) is 9.59 Å². The second-order valence-corrected chi connectivity index (χ2v) is 9.46. The number of fused-ring (bicyclic) bond motifs is 7. The Hall–Kier alpha value is -1.10. The zero-order valence-corrected chi connectivity index (χ0v) is 16.7. The highest BCUT2D eigenvalue weighted by molar-refractivity contribution is 6.08. The van der Waals surface area contributed by atoms with Gasteiger partial charge in [-0.15, -0.1) is 0 Å². The van der Waals surface area contributed by atoms with Crippen LogP contribution < -0.4 is 12.4 Å². The lowest BCUT2D eigenvalue weighted by atomic mass is 9.76. The lowest BCUT2D eigenvalue weighted by molar-refractivity contribution is -0.630. The first kappa shape index (κ1) is 18.0. The molecular formula is C21H30ClN3O2. The summed E-state index contributed by atoms with van der Waals surface area (Å²) < 4.78 is 2.63. The van der Waals surface area contributed by atoms with E-state index in [1.54, 1.807) is 0 Å². The minimum atomic E-state index is 0. The zero-order chi connectivity index (χ0) is 17.4. The van der Waals surface area contributed by atoms with Crippen molar-refractivity contribution in [1.82, 2.24) is 9.80 Å². The largest absolute Gasteiger partial charge is 1.00 e. The van der Waals surface area contributed by atoms with Crippen molar-refractivity contribution in [2.45, 2.75) is 101 Å². The number of carbonyl (C=O) groups is 2. The highest BCUT2D eigenvalue weighted by Gasteiger charge is 2.67. The van der Waals surface area contributed by atoms with Gasteiger partial charge in [0.2, 0.25) is 0 Å². The van der Waals surface area contributed by atoms with Gasteiger partial charge in [-0.2, -0.15) is 9.80 Å². The van der Waals surface area contributed by atoms with Crippen molar-refractivity contribution in [2.24, 2.45) is 11.8 Å². The van der Waals surface area contributed by atoms with Crippen LogP contribution in [0.3, 0.4) is 0 Å². The Morgan fingerprint density at radius 3 is 1.52 bits per heavy atom. The SMILES string of the molecule is O=C1C2CCCCC2[N+]2=C3N1C1CCCCC1N3C(=O)C1CCCCC12.[Cl-]. The van der Waals surface area contributed by atoms with E-state index in [0.29, 0.717) is 23.9 Å². The molecule has 1 saturated heterocycles. The summed E-state index contributed by atoms with van der Waals surface area (Å²) in [6.07, 6.45) is 13.7. The van der Waals surface area contributed by atoms with Crippen molar-refractivity contribution in [3.05, 3.63) is 0 Å². The molecule has 6 heteroatoms. The fourth-order valence-electron chi connectivity index (χ4n) is 7.24. The van der Waals surface area contributed by atoms with Crippen LogP contribution in [0.4, 0.5) is 0 Å². The van der Waals surface area contributed by atoms with Crippen molar-refractivity contribution in [2.75, 3.05) is 0 Å². The number of guanidine groups is 1. The van der Waals surface area contributed by atoms with Crippen molar-refractivity contribution < 1.29 is 26.6 Å². The molecule has 6 unspecified atom stereocenters. The molecule has 5 nitrogen and oxygen atoms in total. The van der Waals surface area contributed by atoms with E-state index in [1.165, 1.54) is 38.5 Å². The van der Waals surface area contributed by atoms with E-state index in [-0.39, 0.29) is 36.3 Å². The summed E-state index contributed by atoms with van der Waals surface area (Å²) in [6.45, 7) is 0. The Labute approximate surface area is 167 Å². The third kappa shape index (κ3) is 2.27. The van der Waals surface area contributed by atoms with Crippen molar-refractivity contribution in [3.8, 4) is 0 Å². The number of nitrogens with zero attached hydrogens (tertiary/aromatic N) is 3. The summed E-state index contributed by atoms with van der Waals surface area (Å²) in [5, 5.41) is 0. The van der Waals surface area contributed by atoms with Gasteiger partial charge in [0.25, 0.3) is 11.8 Å². The average molecular weight is 392 g/mol. The highest BCUT2D eigenvalue weighted by atomic mass is 35.5. The molecule has 0 N–H and O–H groups in total. The van der Waals surface area contributed by atoms with Crippen LogP contribution in [-0.2, 0) is 9.59 Å². The molecule has 0 radical (unpaired) electrons. The Morgan fingerprint density at radius 2 is 1.04 bits per heavy atom. The normalized spacial score (nSPS) is 42.8. The van der Waals surface area contributed by atoms with Gasteiger partial charge in [0.1, 0.15) is 12.1 Å². The maximum Gasteiger partial charge on any atom is 0.366 e. The molecule has 3 saturated carbocycles. The second kappa shape index (κ2) is 6.47. The van der Waals surface area contributed by atoms with E-state index in [4.69, 9.17) is 0 Å². The zero-order valence-electron chi connectivity index (χ0n) is 16.0. The molecule has 3 aliphatic carbocycles. The van der Waals surface area contributed by atoms with Gasteiger partial charge in [0.15, 0.2) is 0 Å². The molecule has 148 valence electrons. The molecule has 0 bridgehead atoms. The standard InChI is InChI=1S/C21H30N3O2.ClH/c25-19-13-7-1-3-9-15(13)22-16-10-4-2-8-14(16)20(26)24-18-12-6-5-11-17(18)23(19)21(22)24;/h13-18H,1-12H2;1H/q+1;/p-1. The summed E-state index contributed by atoms with van der Waals surface area (Å²) in [5.74, 6) is 2.07.